The molecule has 0 aromatic heterocycles. The molecular formula is C21H20N4O4. The molecule has 1 aliphatic heterocycles. The van der Waals surface area contributed by atoms with Crippen LogP contribution in [-0.2, 0) is 9.53 Å². The average molecular weight is 392 g/mol. The molecule has 29 heavy (non-hydrogen) atoms. The highest BCUT2D eigenvalue weighted by Crippen LogP contribution is 2.44. The molecule has 8 heteroatoms. The van der Waals surface area contributed by atoms with Crippen molar-refractivity contribution in [2.75, 3.05) is 26.2 Å². The van der Waals surface area contributed by atoms with E-state index in [0.717, 1.165) is 22.3 Å². The van der Waals surface area contributed by atoms with Gasteiger partial charge in [-0.15, -0.1) is 0 Å². The van der Waals surface area contributed by atoms with E-state index in [9.17, 15) is 14.7 Å². The van der Waals surface area contributed by atoms with Gasteiger partial charge in [-0.05, 0) is 33.7 Å². The van der Waals surface area contributed by atoms with Crippen LogP contribution in [-0.4, -0.2) is 48.3 Å². The number of fused-ring (bicyclic) bond motifs is 3. The number of nitrogens with zero attached hydrogens (tertiary/aromatic N) is 4. The van der Waals surface area contributed by atoms with Crippen molar-refractivity contribution in [2.24, 2.45) is 17.0 Å². The average Bonchev–Trinajstić information content (AvgIpc) is 3.30. The summed E-state index contributed by atoms with van der Waals surface area (Å²) < 4.78 is 5.60. The predicted octanol–water partition coefficient (Wildman–Crippen LogP) is 3.88. The molecule has 8 nitrogen and oxygen atoms in total. The number of rotatable bonds is 5. The molecule has 2 aromatic rings. The van der Waals surface area contributed by atoms with Crippen LogP contribution in [0.4, 0.5) is 4.79 Å². The molecule has 1 fully saturated rings. The number of hydrogen-bond donors (Lipinski definition) is 1. The molecule has 2 aromatic carbocycles. The molecule has 0 bridgehead atoms. The summed E-state index contributed by atoms with van der Waals surface area (Å²) in [4.78, 5) is 28.2. The normalized spacial score (nSPS) is 19.9. The van der Waals surface area contributed by atoms with Gasteiger partial charge in [0.1, 0.15) is 6.61 Å². The van der Waals surface area contributed by atoms with Crippen molar-refractivity contribution in [1.82, 2.24) is 4.90 Å². The van der Waals surface area contributed by atoms with E-state index in [-0.39, 0.29) is 32.2 Å². The first-order valence-corrected chi connectivity index (χ1v) is 9.43. The molecular weight excluding hydrogens is 372 g/mol. The zero-order chi connectivity index (χ0) is 20.4. The van der Waals surface area contributed by atoms with Gasteiger partial charge in [0, 0.05) is 30.5 Å². The van der Waals surface area contributed by atoms with Crippen LogP contribution in [0.1, 0.15) is 17.0 Å². The van der Waals surface area contributed by atoms with Gasteiger partial charge in [-0.2, -0.15) is 0 Å². The van der Waals surface area contributed by atoms with Gasteiger partial charge in [0.2, 0.25) is 0 Å². The van der Waals surface area contributed by atoms with Gasteiger partial charge in [-0.1, -0.05) is 53.6 Å². The van der Waals surface area contributed by atoms with E-state index in [4.69, 9.17) is 10.3 Å². The molecule has 4 rings (SSSR count). The molecule has 1 saturated heterocycles. The fourth-order valence-corrected chi connectivity index (χ4v) is 4.31. The molecule has 1 heterocycles. The summed E-state index contributed by atoms with van der Waals surface area (Å²) in [5.41, 5.74) is 13.0. The summed E-state index contributed by atoms with van der Waals surface area (Å²) in [6.07, 6.45) is -0.540. The third kappa shape index (κ3) is 3.50. The molecule has 0 spiro atoms. The first kappa shape index (κ1) is 18.8. The lowest BCUT2D eigenvalue weighted by Gasteiger charge is -2.19. The number of carboxylic acids is 1. The highest BCUT2D eigenvalue weighted by atomic mass is 16.6. The molecule has 2 aliphatic rings. The highest BCUT2D eigenvalue weighted by molar-refractivity contribution is 5.79. The second-order valence-electron chi connectivity index (χ2n) is 7.33. The zero-order valence-electron chi connectivity index (χ0n) is 15.6. The quantitative estimate of drug-likeness (QED) is 0.472. The SMILES string of the molecule is [N-]=[N+]=NCC1CN(C(=O)OCC2c3ccccc3-c3ccccc32)CC1C(=O)O. The third-order valence-electron chi connectivity index (χ3n) is 5.73. The number of amides is 1. The predicted molar refractivity (Wildman–Crippen MR) is 105 cm³/mol. The van der Waals surface area contributed by atoms with E-state index in [1.165, 1.54) is 4.90 Å². The van der Waals surface area contributed by atoms with Crippen molar-refractivity contribution >= 4 is 12.1 Å². The summed E-state index contributed by atoms with van der Waals surface area (Å²) in [5, 5.41) is 12.9. The third-order valence-corrected chi connectivity index (χ3v) is 5.73. The topological polar surface area (TPSA) is 116 Å². The lowest BCUT2D eigenvalue weighted by atomic mass is 9.97. The maximum atomic E-state index is 12.6. The number of carbonyl (C=O) groups excluding carboxylic acids is 1. The van der Waals surface area contributed by atoms with Crippen LogP contribution in [0.2, 0.25) is 0 Å². The van der Waals surface area contributed by atoms with E-state index in [0.29, 0.717) is 0 Å². The zero-order valence-corrected chi connectivity index (χ0v) is 15.6. The van der Waals surface area contributed by atoms with Crippen LogP contribution in [0.5, 0.6) is 0 Å². The van der Waals surface area contributed by atoms with Crippen molar-refractivity contribution in [3.63, 3.8) is 0 Å². The van der Waals surface area contributed by atoms with Crippen LogP contribution < -0.4 is 0 Å². The van der Waals surface area contributed by atoms with Crippen molar-refractivity contribution in [3.8, 4) is 11.1 Å². The molecule has 2 atom stereocenters. The van der Waals surface area contributed by atoms with Gasteiger partial charge < -0.3 is 14.7 Å². The Hall–Kier alpha value is -3.51. The van der Waals surface area contributed by atoms with Gasteiger partial charge in [-0.25, -0.2) is 4.79 Å². The van der Waals surface area contributed by atoms with Crippen molar-refractivity contribution in [2.45, 2.75) is 5.92 Å². The lowest BCUT2D eigenvalue weighted by Crippen LogP contribution is -2.31. The van der Waals surface area contributed by atoms with Crippen LogP contribution in [0.15, 0.2) is 53.6 Å². The van der Waals surface area contributed by atoms with Gasteiger partial charge in [0.05, 0.1) is 5.92 Å². The van der Waals surface area contributed by atoms with E-state index in [1.54, 1.807) is 0 Å². The minimum Gasteiger partial charge on any atom is -0.481 e. The summed E-state index contributed by atoms with van der Waals surface area (Å²) in [6.45, 7) is 0.479. The summed E-state index contributed by atoms with van der Waals surface area (Å²) >= 11 is 0. The molecule has 2 unspecified atom stereocenters. The monoisotopic (exact) mass is 392 g/mol. The summed E-state index contributed by atoms with van der Waals surface area (Å²) in [5.74, 6) is -2.23. The van der Waals surface area contributed by atoms with E-state index in [2.05, 4.69) is 22.2 Å². The largest absolute Gasteiger partial charge is 0.481 e. The smallest absolute Gasteiger partial charge is 0.409 e. The maximum Gasteiger partial charge on any atom is 0.409 e. The number of benzene rings is 2. The fraction of sp³-hybridized carbons (Fsp3) is 0.333. The Morgan fingerprint density at radius 2 is 1.72 bits per heavy atom. The number of likely N-dealkylation sites (tertiary alicyclic amines) is 1. The Bertz CT molecular complexity index is 956. The Labute approximate surface area is 167 Å². The fourth-order valence-electron chi connectivity index (χ4n) is 4.31. The number of azide groups is 1. The number of aliphatic carboxylic acids is 1. The number of hydrogen-bond acceptors (Lipinski definition) is 4. The van der Waals surface area contributed by atoms with Gasteiger partial charge in [-0.3, -0.25) is 4.79 Å². The van der Waals surface area contributed by atoms with E-state index < -0.39 is 23.9 Å². The molecule has 1 N–H and O–H groups in total. The summed E-state index contributed by atoms with van der Waals surface area (Å²) in [7, 11) is 0. The van der Waals surface area contributed by atoms with Crippen molar-refractivity contribution < 1.29 is 19.4 Å². The van der Waals surface area contributed by atoms with Gasteiger partial charge in [0.25, 0.3) is 0 Å². The van der Waals surface area contributed by atoms with E-state index in [1.807, 2.05) is 36.4 Å². The standard InChI is InChI=1S/C21H20N4O4/c22-24-23-9-13-10-25(11-18(13)20(26)27)21(28)29-12-19-16-7-3-1-5-14(16)15-6-2-4-8-17(15)19/h1-8,13,18-19H,9-12H2,(H,26,27). The molecule has 1 aliphatic carbocycles. The van der Waals surface area contributed by atoms with Crippen LogP contribution in [0.3, 0.4) is 0 Å². The molecule has 0 radical (unpaired) electrons. The summed E-state index contributed by atoms with van der Waals surface area (Å²) in [6, 6.07) is 16.1. The second-order valence-corrected chi connectivity index (χ2v) is 7.33. The highest BCUT2D eigenvalue weighted by Gasteiger charge is 2.40. The van der Waals surface area contributed by atoms with Crippen molar-refractivity contribution in [1.29, 1.82) is 0 Å². The van der Waals surface area contributed by atoms with Crippen LogP contribution >= 0.6 is 0 Å². The molecule has 0 saturated carbocycles. The first-order valence-electron chi connectivity index (χ1n) is 9.43. The van der Waals surface area contributed by atoms with Gasteiger partial charge >= 0.3 is 12.1 Å². The first-order chi connectivity index (χ1) is 14.1. The van der Waals surface area contributed by atoms with Crippen LogP contribution in [0, 0.1) is 11.8 Å². The number of ether oxygens (including phenoxy) is 1. The maximum absolute atomic E-state index is 12.6. The minimum absolute atomic E-state index is 0.0423. The second kappa shape index (κ2) is 7.85. The molecule has 1 amide bonds. The number of carbonyl (C=O) groups is 2. The van der Waals surface area contributed by atoms with E-state index >= 15 is 0 Å². The molecule has 148 valence electrons. The number of carboxylic acid groups (broad SMARTS) is 1. The van der Waals surface area contributed by atoms with Gasteiger partial charge in [0.15, 0.2) is 0 Å². The Morgan fingerprint density at radius 3 is 2.31 bits per heavy atom. The van der Waals surface area contributed by atoms with Crippen LogP contribution in [0.25, 0.3) is 21.6 Å². The minimum atomic E-state index is -1.00. The Kier molecular flexibility index (Phi) is 5.10. The lowest BCUT2D eigenvalue weighted by molar-refractivity contribution is -0.142. The van der Waals surface area contributed by atoms with Crippen molar-refractivity contribution in [3.05, 3.63) is 70.1 Å². The Morgan fingerprint density at radius 1 is 1.10 bits per heavy atom. The Balaban J connectivity index is 1.46.